The maximum atomic E-state index is 12.5. The van der Waals surface area contributed by atoms with Gasteiger partial charge in [0.2, 0.25) is 5.91 Å². The minimum atomic E-state index is 0.0130. The van der Waals surface area contributed by atoms with E-state index in [0.717, 1.165) is 22.8 Å². The number of aryl methyl sites for hydroxylation is 1. The number of rotatable bonds is 7. The van der Waals surface area contributed by atoms with E-state index in [0.29, 0.717) is 19.0 Å². The summed E-state index contributed by atoms with van der Waals surface area (Å²) in [4.78, 5) is 16.0. The molecule has 1 N–H and O–H groups in total. The number of anilines is 1. The summed E-state index contributed by atoms with van der Waals surface area (Å²) in [7, 11) is 2.06. The van der Waals surface area contributed by atoms with E-state index in [1.54, 1.807) is 11.3 Å². The lowest BCUT2D eigenvalue weighted by Crippen LogP contribution is -2.26. The van der Waals surface area contributed by atoms with Crippen LogP contribution in [0.4, 0.5) is 5.69 Å². The van der Waals surface area contributed by atoms with Crippen molar-refractivity contribution in [3.8, 4) is 5.69 Å². The van der Waals surface area contributed by atoms with Crippen LogP contribution >= 0.6 is 11.3 Å². The molecule has 0 spiro atoms. The van der Waals surface area contributed by atoms with E-state index in [9.17, 15) is 4.79 Å². The van der Waals surface area contributed by atoms with Crippen LogP contribution in [0.1, 0.15) is 35.7 Å². The van der Waals surface area contributed by atoms with Crippen molar-refractivity contribution in [1.82, 2.24) is 14.7 Å². The number of carbonyl (C=O) groups is 1. The third-order valence-electron chi connectivity index (χ3n) is 4.86. The first kappa shape index (κ1) is 19.3. The van der Waals surface area contributed by atoms with E-state index in [2.05, 4.69) is 46.8 Å². The normalized spacial score (nSPS) is 12.3. The summed E-state index contributed by atoms with van der Waals surface area (Å²) in [6.45, 7) is 6.78. The molecule has 3 aromatic rings. The fourth-order valence-electron chi connectivity index (χ4n) is 3.06. The third-order valence-corrected chi connectivity index (χ3v) is 5.91. The highest BCUT2D eigenvalue weighted by Gasteiger charge is 2.17. The van der Waals surface area contributed by atoms with Gasteiger partial charge in [-0.2, -0.15) is 5.10 Å². The van der Waals surface area contributed by atoms with Crippen LogP contribution in [-0.4, -0.2) is 34.2 Å². The predicted molar refractivity (Wildman–Crippen MR) is 112 cm³/mol. The molecule has 2 aromatic heterocycles. The standard InChI is InChI=1S/C21H26N4OS/c1-15-21(17(3)25(23-15)18-9-6-5-7-10-18)22-20(26)12-13-24(4)16(2)19-11-8-14-27-19/h5-11,14,16H,12-13H2,1-4H3,(H,22,26). The van der Waals surface area contributed by atoms with Crippen LogP contribution < -0.4 is 5.32 Å². The van der Waals surface area contributed by atoms with Crippen molar-refractivity contribution < 1.29 is 4.79 Å². The fourth-order valence-corrected chi connectivity index (χ4v) is 3.91. The van der Waals surface area contributed by atoms with Gasteiger partial charge in [0.15, 0.2) is 0 Å². The van der Waals surface area contributed by atoms with Gasteiger partial charge in [0.25, 0.3) is 0 Å². The van der Waals surface area contributed by atoms with Gasteiger partial charge < -0.3 is 5.32 Å². The number of amides is 1. The second-order valence-corrected chi connectivity index (χ2v) is 7.74. The summed E-state index contributed by atoms with van der Waals surface area (Å²) in [5, 5.41) is 9.72. The van der Waals surface area contributed by atoms with E-state index in [4.69, 9.17) is 0 Å². The molecule has 3 rings (SSSR count). The number of nitrogens with one attached hydrogen (secondary N) is 1. The van der Waals surface area contributed by atoms with Crippen molar-refractivity contribution in [3.05, 3.63) is 64.1 Å². The molecule has 0 aliphatic carbocycles. The SMILES string of the molecule is Cc1nn(-c2ccccc2)c(C)c1NC(=O)CCN(C)C(C)c1cccs1. The van der Waals surface area contributed by atoms with Gasteiger partial charge in [0.1, 0.15) is 0 Å². The minimum absolute atomic E-state index is 0.0130. The van der Waals surface area contributed by atoms with Crippen LogP contribution in [0.3, 0.4) is 0 Å². The molecule has 0 aliphatic heterocycles. The van der Waals surface area contributed by atoms with Crippen molar-refractivity contribution in [2.45, 2.75) is 33.2 Å². The van der Waals surface area contributed by atoms with Crippen LogP contribution in [0.25, 0.3) is 5.69 Å². The number of aromatic nitrogens is 2. The number of thiophene rings is 1. The Labute approximate surface area is 164 Å². The van der Waals surface area contributed by atoms with Gasteiger partial charge in [-0.25, -0.2) is 4.68 Å². The smallest absolute Gasteiger partial charge is 0.225 e. The fraction of sp³-hybridized carbons (Fsp3) is 0.333. The van der Waals surface area contributed by atoms with Crippen LogP contribution in [-0.2, 0) is 4.79 Å². The number of hydrogen-bond acceptors (Lipinski definition) is 4. The number of para-hydroxylation sites is 1. The first-order chi connectivity index (χ1) is 13.0. The summed E-state index contributed by atoms with van der Waals surface area (Å²) in [6, 6.07) is 14.5. The molecular weight excluding hydrogens is 356 g/mol. The van der Waals surface area contributed by atoms with E-state index in [1.807, 2.05) is 48.9 Å². The monoisotopic (exact) mass is 382 g/mol. The number of hydrogen-bond donors (Lipinski definition) is 1. The second-order valence-electron chi connectivity index (χ2n) is 6.76. The second kappa shape index (κ2) is 8.50. The lowest BCUT2D eigenvalue weighted by atomic mass is 10.2. The molecule has 6 heteroatoms. The van der Waals surface area contributed by atoms with Gasteiger partial charge in [-0.1, -0.05) is 24.3 Å². The zero-order chi connectivity index (χ0) is 19.4. The molecule has 0 saturated heterocycles. The highest BCUT2D eigenvalue weighted by molar-refractivity contribution is 7.10. The number of carbonyl (C=O) groups excluding carboxylic acids is 1. The highest BCUT2D eigenvalue weighted by Crippen LogP contribution is 2.24. The lowest BCUT2D eigenvalue weighted by Gasteiger charge is -2.23. The summed E-state index contributed by atoms with van der Waals surface area (Å²) in [6.07, 6.45) is 0.446. The van der Waals surface area contributed by atoms with E-state index in [1.165, 1.54) is 4.88 Å². The predicted octanol–water partition coefficient (Wildman–Crippen LogP) is 4.57. The molecule has 5 nitrogen and oxygen atoms in total. The topological polar surface area (TPSA) is 50.2 Å². The van der Waals surface area contributed by atoms with Crippen LogP contribution in [0.5, 0.6) is 0 Å². The molecule has 0 aliphatic rings. The Morgan fingerprint density at radius 3 is 2.63 bits per heavy atom. The van der Waals surface area contributed by atoms with Crippen LogP contribution in [0.2, 0.25) is 0 Å². The van der Waals surface area contributed by atoms with Gasteiger partial charge in [-0.05, 0) is 51.4 Å². The molecule has 1 unspecified atom stereocenters. The van der Waals surface area contributed by atoms with Crippen molar-refractivity contribution in [3.63, 3.8) is 0 Å². The van der Waals surface area contributed by atoms with Gasteiger partial charge in [-0.3, -0.25) is 9.69 Å². The Kier molecular flexibility index (Phi) is 6.08. The minimum Gasteiger partial charge on any atom is -0.323 e. The van der Waals surface area contributed by atoms with Gasteiger partial charge in [0, 0.05) is 23.9 Å². The summed E-state index contributed by atoms with van der Waals surface area (Å²) >= 11 is 1.75. The van der Waals surface area contributed by atoms with Crippen molar-refractivity contribution in [2.24, 2.45) is 0 Å². The van der Waals surface area contributed by atoms with Crippen LogP contribution in [0, 0.1) is 13.8 Å². The Hall–Kier alpha value is -2.44. The molecule has 0 fully saturated rings. The van der Waals surface area contributed by atoms with Crippen LogP contribution in [0.15, 0.2) is 47.8 Å². The largest absolute Gasteiger partial charge is 0.323 e. The first-order valence-corrected chi connectivity index (χ1v) is 10.0. The van der Waals surface area contributed by atoms with E-state index < -0.39 is 0 Å². The third kappa shape index (κ3) is 4.46. The molecule has 0 bridgehead atoms. The van der Waals surface area contributed by atoms with Gasteiger partial charge in [-0.15, -0.1) is 11.3 Å². The molecule has 142 valence electrons. The van der Waals surface area contributed by atoms with Crippen molar-refractivity contribution in [2.75, 3.05) is 18.9 Å². The lowest BCUT2D eigenvalue weighted by molar-refractivity contribution is -0.116. The quantitative estimate of drug-likeness (QED) is 0.651. The summed E-state index contributed by atoms with van der Waals surface area (Å²) in [5.74, 6) is 0.0130. The summed E-state index contributed by atoms with van der Waals surface area (Å²) < 4.78 is 1.87. The van der Waals surface area contributed by atoms with E-state index >= 15 is 0 Å². The Morgan fingerprint density at radius 1 is 1.22 bits per heavy atom. The molecule has 1 aromatic carbocycles. The average molecular weight is 383 g/mol. The van der Waals surface area contributed by atoms with Crippen molar-refractivity contribution >= 4 is 22.9 Å². The number of benzene rings is 1. The Morgan fingerprint density at radius 2 is 1.96 bits per heavy atom. The zero-order valence-corrected chi connectivity index (χ0v) is 17.1. The molecule has 0 saturated carbocycles. The Balaban J connectivity index is 1.62. The molecule has 0 radical (unpaired) electrons. The molecular formula is C21H26N4OS. The molecule has 1 atom stereocenters. The average Bonchev–Trinajstić information content (AvgIpc) is 3.30. The maximum Gasteiger partial charge on any atom is 0.225 e. The zero-order valence-electron chi connectivity index (χ0n) is 16.3. The molecule has 27 heavy (non-hydrogen) atoms. The van der Waals surface area contributed by atoms with Gasteiger partial charge in [0.05, 0.1) is 22.8 Å². The van der Waals surface area contributed by atoms with Gasteiger partial charge >= 0.3 is 0 Å². The summed E-state index contributed by atoms with van der Waals surface area (Å²) in [5.41, 5.74) is 3.55. The van der Waals surface area contributed by atoms with Crippen molar-refractivity contribution in [1.29, 1.82) is 0 Å². The Bertz CT molecular complexity index is 887. The molecule has 1 amide bonds. The highest BCUT2D eigenvalue weighted by atomic mass is 32.1. The maximum absolute atomic E-state index is 12.5. The molecule has 2 heterocycles. The first-order valence-electron chi connectivity index (χ1n) is 9.12. The van der Waals surface area contributed by atoms with E-state index in [-0.39, 0.29) is 5.91 Å². The number of nitrogens with zero attached hydrogens (tertiary/aromatic N) is 3.